The molecule has 1 fully saturated rings. The van der Waals surface area contributed by atoms with Crippen LogP contribution in [-0.2, 0) is 10.0 Å². The lowest BCUT2D eigenvalue weighted by atomic mass is 9.95. The van der Waals surface area contributed by atoms with Crippen LogP contribution in [0.1, 0.15) is 19.8 Å². The van der Waals surface area contributed by atoms with Gasteiger partial charge in [-0.15, -0.1) is 0 Å². The number of methoxy groups -OCH3 is 1. The summed E-state index contributed by atoms with van der Waals surface area (Å²) in [5.41, 5.74) is -0.796. The molecule has 0 saturated carbocycles. The molecule has 1 heterocycles. The Bertz CT molecular complexity index is 590. The van der Waals surface area contributed by atoms with Crippen molar-refractivity contribution in [2.24, 2.45) is 0 Å². The van der Waals surface area contributed by atoms with E-state index in [1.54, 1.807) is 6.92 Å². The SMILES string of the molecule is COc1cc(Cl)ccc1S(=O)(=O)N1CCC(C)(O)CC1. The van der Waals surface area contributed by atoms with E-state index in [0.717, 1.165) is 0 Å². The molecule has 0 spiro atoms. The van der Waals surface area contributed by atoms with E-state index in [-0.39, 0.29) is 10.6 Å². The maximum Gasteiger partial charge on any atom is 0.246 e. The van der Waals surface area contributed by atoms with Gasteiger partial charge in [0.1, 0.15) is 10.6 Å². The predicted molar refractivity (Wildman–Crippen MR) is 76.6 cm³/mol. The molecule has 0 aliphatic carbocycles. The zero-order chi connectivity index (χ0) is 15.0. The first-order valence-corrected chi connectivity index (χ1v) is 8.14. The van der Waals surface area contributed by atoms with Gasteiger partial charge in [-0.05, 0) is 31.9 Å². The average Bonchev–Trinajstić information content (AvgIpc) is 2.37. The van der Waals surface area contributed by atoms with Crippen molar-refractivity contribution in [1.29, 1.82) is 0 Å². The molecular formula is C13H18ClNO4S. The van der Waals surface area contributed by atoms with E-state index in [4.69, 9.17) is 16.3 Å². The summed E-state index contributed by atoms with van der Waals surface area (Å²) in [7, 11) is -2.22. The monoisotopic (exact) mass is 319 g/mol. The highest BCUT2D eigenvalue weighted by Crippen LogP contribution is 2.32. The van der Waals surface area contributed by atoms with Gasteiger partial charge < -0.3 is 9.84 Å². The van der Waals surface area contributed by atoms with Gasteiger partial charge in [0, 0.05) is 24.2 Å². The van der Waals surface area contributed by atoms with E-state index in [9.17, 15) is 13.5 Å². The minimum absolute atomic E-state index is 0.103. The van der Waals surface area contributed by atoms with Crippen LogP contribution in [0.25, 0.3) is 0 Å². The van der Waals surface area contributed by atoms with Crippen molar-refractivity contribution >= 4 is 21.6 Å². The predicted octanol–water partition coefficient (Wildman–Crippen LogP) is 1.88. The summed E-state index contributed by atoms with van der Waals surface area (Å²) in [6.45, 7) is 2.31. The van der Waals surface area contributed by atoms with Gasteiger partial charge in [0.15, 0.2) is 0 Å². The zero-order valence-corrected chi connectivity index (χ0v) is 13.0. The molecule has 1 aliphatic heterocycles. The molecular weight excluding hydrogens is 302 g/mol. The highest BCUT2D eigenvalue weighted by molar-refractivity contribution is 7.89. The Hall–Kier alpha value is -0.820. The number of hydrogen-bond donors (Lipinski definition) is 1. The number of ether oxygens (including phenoxy) is 1. The van der Waals surface area contributed by atoms with Crippen LogP contribution in [0.5, 0.6) is 5.75 Å². The van der Waals surface area contributed by atoms with Gasteiger partial charge in [-0.2, -0.15) is 4.31 Å². The van der Waals surface area contributed by atoms with Crippen LogP contribution in [0.4, 0.5) is 0 Å². The largest absolute Gasteiger partial charge is 0.495 e. The molecule has 0 unspecified atom stereocenters. The normalized spacial score (nSPS) is 19.8. The van der Waals surface area contributed by atoms with Crippen LogP contribution in [0.3, 0.4) is 0 Å². The van der Waals surface area contributed by atoms with Crippen molar-refractivity contribution in [1.82, 2.24) is 4.31 Å². The standard InChI is InChI=1S/C13H18ClNO4S/c1-13(16)5-7-15(8-6-13)20(17,18)12-4-3-10(14)9-11(12)19-2/h3-4,9,16H,5-8H2,1-2H3. The van der Waals surface area contributed by atoms with Crippen LogP contribution in [-0.4, -0.2) is 43.6 Å². The fourth-order valence-corrected chi connectivity index (χ4v) is 3.94. The van der Waals surface area contributed by atoms with Gasteiger partial charge in [-0.1, -0.05) is 11.6 Å². The zero-order valence-electron chi connectivity index (χ0n) is 11.5. The molecule has 112 valence electrons. The molecule has 2 rings (SSSR count). The fourth-order valence-electron chi connectivity index (χ4n) is 2.20. The highest BCUT2D eigenvalue weighted by Gasteiger charge is 2.35. The quantitative estimate of drug-likeness (QED) is 0.924. The molecule has 1 aliphatic rings. The average molecular weight is 320 g/mol. The van der Waals surface area contributed by atoms with Gasteiger partial charge in [0.2, 0.25) is 10.0 Å². The fraction of sp³-hybridized carbons (Fsp3) is 0.538. The first-order valence-electron chi connectivity index (χ1n) is 6.32. The molecule has 1 saturated heterocycles. The molecule has 1 aromatic rings. The number of piperidine rings is 1. The summed E-state index contributed by atoms with van der Waals surface area (Å²) in [6.07, 6.45) is 0.838. The molecule has 0 atom stereocenters. The Morgan fingerprint density at radius 3 is 2.50 bits per heavy atom. The van der Waals surface area contributed by atoms with Crippen molar-refractivity contribution in [3.8, 4) is 5.75 Å². The minimum Gasteiger partial charge on any atom is -0.495 e. The van der Waals surface area contributed by atoms with Crippen molar-refractivity contribution in [3.63, 3.8) is 0 Å². The number of nitrogens with zero attached hydrogens (tertiary/aromatic N) is 1. The van der Waals surface area contributed by atoms with E-state index in [1.807, 2.05) is 0 Å². The number of hydrogen-bond acceptors (Lipinski definition) is 4. The summed E-state index contributed by atoms with van der Waals surface area (Å²) in [6, 6.07) is 4.45. The van der Waals surface area contributed by atoms with Gasteiger partial charge in [-0.3, -0.25) is 0 Å². The lowest BCUT2D eigenvalue weighted by Crippen LogP contribution is -2.45. The number of benzene rings is 1. The molecule has 7 heteroatoms. The summed E-state index contributed by atoms with van der Waals surface area (Å²) in [5, 5.41) is 10.3. The van der Waals surface area contributed by atoms with E-state index in [0.29, 0.717) is 31.0 Å². The summed E-state index contributed by atoms with van der Waals surface area (Å²) >= 11 is 5.85. The van der Waals surface area contributed by atoms with Crippen molar-refractivity contribution in [3.05, 3.63) is 23.2 Å². The first-order chi connectivity index (χ1) is 9.26. The van der Waals surface area contributed by atoms with Gasteiger partial charge >= 0.3 is 0 Å². The molecule has 5 nitrogen and oxygen atoms in total. The van der Waals surface area contributed by atoms with Crippen LogP contribution in [0.15, 0.2) is 23.1 Å². The smallest absolute Gasteiger partial charge is 0.246 e. The Balaban J connectivity index is 2.32. The van der Waals surface area contributed by atoms with Gasteiger partial charge in [-0.25, -0.2) is 8.42 Å². The van der Waals surface area contributed by atoms with E-state index in [2.05, 4.69) is 0 Å². The number of aliphatic hydroxyl groups is 1. The van der Waals surface area contributed by atoms with E-state index < -0.39 is 15.6 Å². The van der Waals surface area contributed by atoms with E-state index in [1.165, 1.54) is 29.6 Å². The molecule has 0 radical (unpaired) electrons. The second-order valence-electron chi connectivity index (χ2n) is 5.20. The number of sulfonamides is 1. The van der Waals surface area contributed by atoms with Crippen LogP contribution in [0, 0.1) is 0 Å². The molecule has 0 aromatic heterocycles. The first kappa shape index (κ1) is 15.6. The number of rotatable bonds is 3. The molecule has 0 amide bonds. The van der Waals surface area contributed by atoms with Crippen LogP contribution in [0.2, 0.25) is 5.02 Å². The third kappa shape index (κ3) is 3.09. The highest BCUT2D eigenvalue weighted by atomic mass is 35.5. The maximum atomic E-state index is 12.6. The lowest BCUT2D eigenvalue weighted by molar-refractivity contribution is 0.0126. The third-order valence-electron chi connectivity index (χ3n) is 3.54. The Kier molecular flexibility index (Phi) is 4.30. The van der Waals surface area contributed by atoms with Crippen molar-refractivity contribution < 1.29 is 18.3 Å². The summed E-state index contributed by atoms with van der Waals surface area (Å²) in [4.78, 5) is 0.103. The topological polar surface area (TPSA) is 66.8 Å². The Morgan fingerprint density at radius 2 is 1.95 bits per heavy atom. The Labute approximate surface area is 124 Å². The van der Waals surface area contributed by atoms with Crippen LogP contribution >= 0.6 is 11.6 Å². The lowest BCUT2D eigenvalue weighted by Gasteiger charge is -2.35. The minimum atomic E-state index is -3.63. The van der Waals surface area contributed by atoms with Crippen molar-refractivity contribution in [2.75, 3.05) is 20.2 Å². The van der Waals surface area contributed by atoms with Crippen LogP contribution < -0.4 is 4.74 Å². The second-order valence-corrected chi connectivity index (χ2v) is 7.54. The molecule has 1 aromatic carbocycles. The second kappa shape index (κ2) is 5.52. The van der Waals surface area contributed by atoms with Gasteiger partial charge in [0.05, 0.1) is 12.7 Å². The number of halogens is 1. The van der Waals surface area contributed by atoms with Crippen molar-refractivity contribution in [2.45, 2.75) is 30.3 Å². The van der Waals surface area contributed by atoms with Gasteiger partial charge in [0.25, 0.3) is 0 Å². The molecule has 20 heavy (non-hydrogen) atoms. The summed E-state index contributed by atoms with van der Waals surface area (Å²) in [5.74, 6) is 0.231. The molecule has 0 bridgehead atoms. The van der Waals surface area contributed by atoms with E-state index >= 15 is 0 Å². The molecule has 1 N–H and O–H groups in total. The maximum absolute atomic E-state index is 12.6. The third-order valence-corrected chi connectivity index (χ3v) is 5.72. The summed E-state index contributed by atoms with van der Waals surface area (Å²) < 4.78 is 31.7. The Morgan fingerprint density at radius 1 is 1.35 bits per heavy atom.